The van der Waals surface area contributed by atoms with Gasteiger partial charge in [-0.1, -0.05) is 6.92 Å². The van der Waals surface area contributed by atoms with Crippen LogP contribution in [0.2, 0.25) is 0 Å². The highest BCUT2D eigenvalue weighted by Gasteiger charge is 2.39. The van der Waals surface area contributed by atoms with Gasteiger partial charge in [-0.25, -0.2) is 0 Å². The predicted octanol–water partition coefficient (Wildman–Crippen LogP) is 1.69. The van der Waals surface area contributed by atoms with Crippen LogP contribution in [0.15, 0.2) is 6.20 Å². The summed E-state index contributed by atoms with van der Waals surface area (Å²) in [5, 5.41) is 3.92. The van der Waals surface area contributed by atoms with E-state index in [1.54, 1.807) is 14.0 Å². The van der Waals surface area contributed by atoms with Crippen LogP contribution in [0.5, 0.6) is 0 Å². The highest BCUT2D eigenvalue weighted by molar-refractivity contribution is 6.09. The lowest BCUT2D eigenvalue weighted by Crippen LogP contribution is -2.25. The van der Waals surface area contributed by atoms with Crippen LogP contribution in [0.25, 0.3) is 0 Å². The Morgan fingerprint density at radius 3 is 2.47 bits per heavy atom. The van der Waals surface area contributed by atoms with E-state index in [-0.39, 0.29) is 5.56 Å². The van der Waals surface area contributed by atoms with Crippen LogP contribution in [0.4, 0.5) is 13.2 Å². The van der Waals surface area contributed by atoms with Crippen molar-refractivity contribution in [3.63, 3.8) is 0 Å². The second kappa shape index (κ2) is 4.68. The van der Waals surface area contributed by atoms with E-state index in [1.165, 1.54) is 10.9 Å². The van der Waals surface area contributed by atoms with E-state index in [4.69, 9.17) is 0 Å². The number of ketones is 2. The van der Waals surface area contributed by atoms with Gasteiger partial charge >= 0.3 is 6.18 Å². The van der Waals surface area contributed by atoms with Gasteiger partial charge in [0.25, 0.3) is 0 Å². The Labute approximate surface area is 95.4 Å². The minimum Gasteiger partial charge on any atom is -0.294 e. The number of hydrogen-bond donors (Lipinski definition) is 0. The Hall–Kier alpha value is -1.66. The maximum absolute atomic E-state index is 12.0. The summed E-state index contributed by atoms with van der Waals surface area (Å²) in [5.41, 5.74) is 0.472. The Bertz CT molecular complexity index is 449. The van der Waals surface area contributed by atoms with Crippen molar-refractivity contribution in [2.24, 2.45) is 7.05 Å². The maximum atomic E-state index is 12.0. The summed E-state index contributed by atoms with van der Waals surface area (Å²) in [6.07, 6.45) is -4.39. The molecular formula is C10H11F3N2O2. The molecular weight excluding hydrogens is 237 g/mol. The molecule has 0 saturated carbocycles. The van der Waals surface area contributed by atoms with Gasteiger partial charge in [-0.3, -0.25) is 14.3 Å². The molecule has 0 bridgehead atoms. The largest absolute Gasteiger partial charge is 0.450 e. The highest BCUT2D eigenvalue weighted by Crippen LogP contribution is 2.20. The zero-order chi connectivity index (χ0) is 13.2. The Kier molecular flexibility index (Phi) is 3.69. The third-order valence-corrected chi connectivity index (χ3v) is 2.18. The van der Waals surface area contributed by atoms with E-state index in [2.05, 4.69) is 5.10 Å². The van der Waals surface area contributed by atoms with Crippen LogP contribution in [0.1, 0.15) is 29.4 Å². The molecule has 0 atom stereocenters. The van der Waals surface area contributed by atoms with Crippen LogP contribution >= 0.6 is 0 Å². The molecule has 1 aromatic rings. The minimum atomic E-state index is -4.97. The summed E-state index contributed by atoms with van der Waals surface area (Å²) in [6.45, 7) is 1.73. The van der Waals surface area contributed by atoms with Gasteiger partial charge in [-0.2, -0.15) is 18.3 Å². The standard InChI is InChI=1S/C10H11F3N2O2/c1-3-7-6(5-15(2)14-7)8(16)4-9(17)10(11,12)13/h5H,3-4H2,1-2H3. The number of hydrogen-bond acceptors (Lipinski definition) is 3. The molecule has 4 nitrogen and oxygen atoms in total. The number of Topliss-reactive ketones (excluding diaryl/α,β-unsaturated/α-hetero) is 2. The second-order valence-electron chi connectivity index (χ2n) is 3.54. The normalized spacial score (nSPS) is 11.6. The third-order valence-electron chi connectivity index (χ3n) is 2.18. The van der Waals surface area contributed by atoms with Crippen LogP contribution in [-0.2, 0) is 18.3 Å². The summed E-state index contributed by atoms with van der Waals surface area (Å²) < 4.78 is 37.3. The number of halogens is 3. The summed E-state index contributed by atoms with van der Waals surface area (Å²) in [7, 11) is 1.56. The van der Waals surface area contributed by atoms with Crippen molar-refractivity contribution in [3.05, 3.63) is 17.5 Å². The summed E-state index contributed by atoms with van der Waals surface area (Å²) in [6, 6.07) is 0. The van der Waals surface area contributed by atoms with E-state index in [9.17, 15) is 22.8 Å². The first kappa shape index (κ1) is 13.4. The van der Waals surface area contributed by atoms with E-state index in [0.717, 1.165) is 0 Å². The van der Waals surface area contributed by atoms with Crippen molar-refractivity contribution in [2.75, 3.05) is 0 Å². The van der Waals surface area contributed by atoms with Crippen molar-refractivity contribution in [3.8, 4) is 0 Å². The molecule has 17 heavy (non-hydrogen) atoms. The molecule has 0 fully saturated rings. The molecule has 0 spiro atoms. The van der Waals surface area contributed by atoms with Gasteiger partial charge in [-0.15, -0.1) is 0 Å². The van der Waals surface area contributed by atoms with Gasteiger partial charge in [0.15, 0.2) is 5.78 Å². The van der Waals surface area contributed by atoms with Gasteiger partial charge in [0.05, 0.1) is 17.7 Å². The van der Waals surface area contributed by atoms with Gasteiger partial charge in [0.1, 0.15) is 0 Å². The molecule has 0 N–H and O–H groups in total. The average Bonchev–Trinajstić information content (AvgIpc) is 2.58. The zero-order valence-corrected chi connectivity index (χ0v) is 9.34. The van der Waals surface area contributed by atoms with Crippen molar-refractivity contribution in [1.29, 1.82) is 0 Å². The van der Waals surface area contributed by atoms with Crippen molar-refractivity contribution in [1.82, 2.24) is 9.78 Å². The maximum Gasteiger partial charge on any atom is 0.450 e. The number of aryl methyl sites for hydroxylation is 2. The van der Waals surface area contributed by atoms with E-state index in [1.807, 2.05) is 0 Å². The minimum absolute atomic E-state index is 0.0765. The molecule has 0 radical (unpaired) electrons. The zero-order valence-electron chi connectivity index (χ0n) is 9.34. The molecule has 0 amide bonds. The van der Waals surface area contributed by atoms with Crippen molar-refractivity contribution >= 4 is 11.6 Å². The summed E-state index contributed by atoms with van der Waals surface area (Å²) in [5.74, 6) is -2.88. The predicted molar refractivity (Wildman–Crippen MR) is 52.6 cm³/mol. The molecule has 0 aliphatic heterocycles. The lowest BCUT2D eigenvalue weighted by molar-refractivity contribution is -0.170. The number of alkyl halides is 3. The third kappa shape index (κ3) is 3.15. The number of rotatable bonds is 4. The molecule has 0 aromatic carbocycles. The van der Waals surface area contributed by atoms with Gasteiger partial charge in [-0.05, 0) is 6.42 Å². The number of nitrogens with zero attached hydrogens (tertiary/aromatic N) is 2. The van der Waals surface area contributed by atoms with E-state index < -0.39 is 24.2 Å². The van der Waals surface area contributed by atoms with Gasteiger partial charge in [0, 0.05) is 13.2 Å². The number of aromatic nitrogens is 2. The van der Waals surface area contributed by atoms with E-state index in [0.29, 0.717) is 12.1 Å². The molecule has 7 heteroatoms. The molecule has 0 aliphatic carbocycles. The monoisotopic (exact) mass is 248 g/mol. The Balaban J connectivity index is 2.87. The average molecular weight is 248 g/mol. The molecule has 1 rings (SSSR count). The van der Waals surface area contributed by atoms with Gasteiger partial charge < -0.3 is 0 Å². The van der Waals surface area contributed by atoms with Crippen molar-refractivity contribution in [2.45, 2.75) is 25.9 Å². The summed E-state index contributed by atoms with van der Waals surface area (Å²) >= 11 is 0. The fraction of sp³-hybridized carbons (Fsp3) is 0.500. The molecule has 1 heterocycles. The number of carbonyl (C=O) groups excluding carboxylic acids is 2. The summed E-state index contributed by atoms with van der Waals surface area (Å²) in [4.78, 5) is 22.2. The van der Waals surface area contributed by atoms with E-state index >= 15 is 0 Å². The number of carbonyl (C=O) groups is 2. The quantitative estimate of drug-likeness (QED) is 0.601. The topological polar surface area (TPSA) is 52.0 Å². The Morgan fingerprint density at radius 1 is 1.41 bits per heavy atom. The molecule has 1 aromatic heterocycles. The first-order valence-corrected chi connectivity index (χ1v) is 4.91. The van der Waals surface area contributed by atoms with Crippen LogP contribution in [0.3, 0.4) is 0 Å². The first-order chi connectivity index (χ1) is 7.75. The molecule has 0 unspecified atom stereocenters. The first-order valence-electron chi connectivity index (χ1n) is 4.91. The molecule has 0 aliphatic rings. The van der Waals surface area contributed by atoms with Crippen molar-refractivity contribution < 1.29 is 22.8 Å². The molecule has 94 valence electrons. The smallest absolute Gasteiger partial charge is 0.294 e. The second-order valence-corrected chi connectivity index (χ2v) is 3.54. The Morgan fingerprint density at radius 2 is 2.00 bits per heavy atom. The fourth-order valence-electron chi connectivity index (χ4n) is 1.37. The van der Waals surface area contributed by atoms with Crippen LogP contribution < -0.4 is 0 Å². The SMILES string of the molecule is CCc1nn(C)cc1C(=O)CC(=O)C(F)(F)F. The lowest BCUT2D eigenvalue weighted by atomic mass is 10.1. The fourth-order valence-corrected chi connectivity index (χ4v) is 1.37. The van der Waals surface area contributed by atoms with Crippen LogP contribution in [-0.4, -0.2) is 27.5 Å². The van der Waals surface area contributed by atoms with Gasteiger partial charge in [0.2, 0.25) is 5.78 Å². The van der Waals surface area contributed by atoms with Crippen LogP contribution in [0, 0.1) is 0 Å². The lowest BCUT2D eigenvalue weighted by Gasteiger charge is -2.03. The molecule has 0 saturated heterocycles. The highest BCUT2D eigenvalue weighted by atomic mass is 19.4.